The molecule has 0 amide bonds. The number of carbonyl (C=O) groups is 2. The average Bonchev–Trinajstić information content (AvgIpc) is 3.06. The van der Waals surface area contributed by atoms with Gasteiger partial charge < -0.3 is 19.1 Å². The molecule has 5 rings (SSSR count). The van der Waals surface area contributed by atoms with Gasteiger partial charge in [0.15, 0.2) is 23.4 Å². The molecule has 4 aliphatic rings. The lowest BCUT2D eigenvalue weighted by Crippen LogP contribution is -2.55. The van der Waals surface area contributed by atoms with Gasteiger partial charge in [-0.05, 0) is 24.5 Å². The van der Waals surface area contributed by atoms with Crippen LogP contribution in [0.5, 0.6) is 11.5 Å². The molecule has 6 heteroatoms. The lowest BCUT2D eigenvalue weighted by Gasteiger charge is -2.48. The van der Waals surface area contributed by atoms with Crippen LogP contribution in [-0.4, -0.2) is 50.6 Å². The van der Waals surface area contributed by atoms with Crippen LogP contribution in [0.25, 0.3) is 0 Å². The molecule has 1 saturated carbocycles. The number of hydrogen-bond acceptors (Lipinski definition) is 6. The second-order valence-corrected chi connectivity index (χ2v) is 7.99. The molecule has 0 unspecified atom stereocenters. The van der Waals surface area contributed by atoms with E-state index in [1.54, 1.807) is 7.11 Å². The van der Waals surface area contributed by atoms with Crippen LogP contribution in [0.3, 0.4) is 0 Å². The van der Waals surface area contributed by atoms with Crippen LogP contribution in [0.1, 0.15) is 24.0 Å². The highest BCUT2D eigenvalue weighted by Gasteiger charge is 2.62. The number of Topliss-reactive ketones (excluding diaryl/α,β-unsaturated/α-hetero) is 1. The summed E-state index contributed by atoms with van der Waals surface area (Å²) >= 11 is 0. The van der Waals surface area contributed by atoms with E-state index in [4.69, 9.17) is 14.2 Å². The molecular formula is C22H23NO5. The van der Waals surface area contributed by atoms with Gasteiger partial charge in [-0.2, -0.15) is 0 Å². The lowest BCUT2D eigenvalue weighted by molar-refractivity contribution is -0.137. The third-order valence-electron chi connectivity index (χ3n) is 6.70. The highest BCUT2D eigenvalue weighted by Crippen LogP contribution is 2.61. The van der Waals surface area contributed by atoms with E-state index >= 15 is 0 Å². The Morgan fingerprint density at radius 3 is 2.89 bits per heavy atom. The van der Waals surface area contributed by atoms with E-state index < -0.39 is 11.5 Å². The molecule has 0 radical (unpaired) electrons. The average molecular weight is 381 g/mol. The molecule has 1 aromatic carbocycles. The van der Waals surface area contributed by atoms with E-state index in [9.17, 15) is 9.59 Å². The van der Waals surface area contributed by atoms with Crippen LogP contribution in [-0.2, 0) is 26.2 Å². The number of ether oxygens (including phenoxy) is 3. The lowest BCUT2D eigenvalue weighted by atomic mass is 9.55. The summed E-state index contributed by atoms with van der Waals surface area (Å²) in [4.78, 5) is 27.9. The zero-order valence-electron chi connectivity index (χ0n) is 16.3. The van der Waals surface area contributed by atoms with Crippen molar-refractivity contribution in [2.75, 3.05) is 27.8 Å². The van der Waals surface area contributed by atoms with Gasteiger partial charge >= 0.3 is 5.97 Å². The van der Waals surface area contributed by atoms with Gasteiger partial charge in [-0.15, -0.1) is 0 Å². The molecule has 1 fully saturated rings. The Kier molecular flexibility index (Phi) is 3.63. The highest BCUT2D eigenvalue weighted by molar-refractivity contribution is 5.96. The van der Waals surface area contributed by atoms with Crippen molar-refractivity contribution in [1.29, 1.82) is 0 Å². The molecular weight excluding hydrogens is 358 g/mol. The van der Waals surface area contributed by atoms with Crippen LogP contribution in [0, 0.1) is 5.92 Å². The molecule has 0 N–H and O–H groups in total. The molecule has 1 aromatic rings. The molecule has 2 aliphatic carbocycles. The summed E-state index contributed by atoms with van der Waals surface area (Å²) < 4.78 is 16.9. The quantitative estimate of drug-likeness (QED) is 0.578. The van der Waals surface area contributed by atoms with E-state index in [2.05, 4.69) is 12.1 Å². The van der Waals surface area contributed by atoms with Crippen molar-refractivity contribution in [3.8, 4) is 11.5 Å². The van der Waals surface area contributed by atoms with E-state index in [1.807, 2.05) is 24.2 Å². The van der Waals surface area contributed by atoms with Gasteiger partial charge in [0, 0.05) is 37.7 Å². The largest absolute Gasteiger partial charge is 0.493 e. The second-order valence-electron chi connectivity index (χ2n) is 7.99. The van der Waals surface area contributed by atoms with Crippen LogP contribution < -0.4 is 9.47 Å². The third kappa shape index (κ3) is 2.03. The Hall–Kier alpha value is -2.76. The van der Waals surface area contributed by atoms with Gasteiger partial charge in [-0.3, -0.25) is 4.79 Å². The first-order valence-corrected chi connectivity index (χ1v) is 9.61. The Morgan fingerprint density at radius 1 is 1.32 bits per heavy atom. The van der Waals surface area contributed by atoms with Gasteiger partial charge in [0.05, 0.1) is 25.2 Å². The van der Waals surface area contributed by atoms with E-state index in [-0.39, 0.29) is 24.1 Å². The van der Waals surface area contributed by atoms with Crippen LogP contribution in [0.15, 0.2) is 35.6 Å². The summed E-state index contributed by atoms with van der Waals surface area (Å²) in [5.41, 5.74) is 3.37. The predicted octanol–water partition coefficient (Wildman–Crippen LogP) is 2.16. The summed E-state index contributed by atoms with van der Waals surface area (Å²) in [6, 6.07) is 3.98. The Balaban J connectivity index is 1.78. The van der Waals surface area contributed by atoms with Crippen molar-refractivity contribution < 1.29 is 23.8 Å². The van der Waals surface area contributed by atoms with Gasteiger partial charge in [0.2, 0.25) is 0 Å². The zero-order valence-corrected chi connectivity index (χ0v) is 16.3. The monoisotopic (exact) mass is 381 g/mol. The topological polar surface area (TPSA) is 65.1 Å². The van der Waals surface area contributed by atoms with Crippen LogP contribution in [0.4, 0.5) is 0 Å². The summed E-state index contributed by atoms with van der Waals surface area (Å²) in [5, 5.41) is 0. The smallest absolute Gasteiger partial charge is 0.335 e. The van der Waals surface area contributed by atoms with Gasteiger partial charge in [0.25, 0.3) is 0 Å². The fourth-order valence-corrected chi connectivity index (χ4v) is 5.54. The summed E-state index contributed by atoms with van der Waals surface area (Å²) in [6.07, 6.45) is 5.24. The summed E-state index contributed by atoms with van der Waals surface area (Å²) in [5.74, 6) is 0.723. The number of esters is 1. The molecule has 0 aromatic heterocycles. The second kappa shape index (κ2) is 5.87. The maximum absolute atomic E-state index is 13.3. The molecule has 28 heavy (non-hydrogen) atoms. The van der Waals surface area contributed by atoms with Crippen molar-refractivity contribution >= 4 is 11.8 Å². The molecule has 3 atom stereocenters. The fraction of sp³-hybridized carbons (Fsp3) is 0.455. The Bertz CT molecular complexity index is 962. The number of methoxy groups -OCH3 is 2. The van der Waals surface area contributed by atoms with E-state index in [1.165, 1.54) is 12.7 Å². The molecule has 6 nitrogen and oxygen atoms in total. The first kappa shape index (κ1) is 17.3. The normalized spacial score (nSPS) is 31.5. The SMILES string of the molecule is COC(=O)/C1=C/N(C)CC[C@]23C4=CCc5ccc(OC)c(c52)O[C@H]3C(=O)C[C@@H]41. The number of allylic oxidation sites excluding steroid dienone is 1. The number of carbonyl (C=O) groups excluding carboxylic acids is 2. The minimum absolute atomic E-state index is 0.0348. The van der Waals surface area contributed by atoms with Gasteiger partial charge in [0.1, 0.15) is 0 Å². The number of rotatable bonds is 2. The molecule has 0 saturated heterocycles. The summed E-state index contributed by atoms with van der Waals surface area (Å²) in [6.45, 7) is 0.702. The number of hydrogen-bond donors (Lipinski definition) is 0. The Morgan fingerprint density at radius 2 is 2.14 bits per heavy atom. The predicted molar refractivity (Wildman–Crippen MR) is 101 cm³/mol. The van der Waals surface area contributed by atoms with Crippen LogP contribution in [0.2, 0.25) is 0 Å². The fourth-order valence-electron chi connectivity index (χ4n) is 5.54. The molecule has 146 valence electrons. The molecule has 2 aliphatic heterocycles. The van der Waals surface area contributed by atoms with Crippen molar-refractivity contribution in [1.82, 2.24) is 4.90 Å². The minimum Gasteiger partial charge on any atom is -0.493 e. The van der Waals surface area contributed by atoms with Gasteiger partial charge in [-0.25, -0.2) is 4.79 Å². The standard InChI is InChI=1S/C22H23NO5/c1-23-9-8-22-15-6-4-12-5-7-17(26-2)19(18(12)22)28-20(22)16(24)10-13(15)14(11-23)21(25)27-3/h5-7,11,13,20H,4,8-10H2,1-3H3/b14-11+/t13-,20+,22+/m1/s1. The van der Waals surface area contributed by atoms with Crippen molar-refractivity contribution in [3.05, 3.63) is 46.7 Å². The highest BCUT2D eigenvalue weighted by atomic mass is 16.5. The number of benzene rings is 1. The van der Waals surface area contributed by atoms with E-state index in [0.29, 0.717) is 23.6 Å². The Labute approximate surface area is 163 Å². The third-order valence-corrected chi connectivity index (χ3v) is 6.70. The van der Waals surface area contributed by atoms with E-state index in [0.717, 1.165) is 24.0 Å². The van der Waals surface area contributed by atoms with Crippen LogP contribution >= 0.6 is 0 Å². The maximum Gasteiger partial charge on any atom is 0.335 e. The number of ketones is 1. The molecule has 1 spiro atoms. The first-order valence-electron chi connectivity index (χ1n) is 9.61. The first-order chi connectivity index (χ1) is 13.5. The molecule has 2 bridgehead atoms. The molecule has 2 heterocycles. The van der Waals surface area contributed by atoms with Crippen molar-refractivity contribution in [2.24, 2.45) is 5.92 Å². The van der Waals surface area contributed by atoms with Crippen molar-refractivity contribution in [3.63, 3.8) is 0 Å². The maximum atomic E-state index is 13.3. The van der Waals surface area contributed by atoms with Crippen molar-refractivity contribution in [2.45, 2.75) is 30.8 Å². The zero-order chi connectivity index (χ0) is 19.6. The minimum atomic E-state index is -0.564. The number of nitrogens with zero attached hydrogens (tertiary/aromatic N) is 1. The van der Waals surface area contributed by atoms with Gasteiger partial charge in [-0.1, -0.05) is 17.7 Å². The summed E-state index contributed by atoms with van der Waals surface area (Å²) in [7, 11) is 4.96.